The van der Waals surface area contributed by atoms with Gasteiger partial charge in [0, 0.05) is 6.42 Å². The predicted octanol–water partition coefficient (Wildman–Crippen LogP) is 2.43. The van der Waals surface area contributed by atoms with Crippen molar-refractivity contribution in [3.8, 4) is 0 Å². The lowest BCUT2D eigenvalue weighted by atomic mass is 10.0. The first-order chi connectivity index (χ1) is 7.68. The number of hydrogen-bond acceptors (Lipinski definition) is 4. The number of aryl methyl sites for hydroxylation is 2. The third-order valence-electron chi connectivity index (χ3n) is 2.66. The zero-order valence-electron chi connectivity index (χ0n) is 9.34. The predicted molar refractivity (Wildman–Crippen MR) is 64.5 cm³/mol. The summed E-state index contributed by atoms with van der Waals surface area (Å²) in [6.45, 7) is 3.93. The second-order valence-electron chi connectivity index (χ2n) is 3.87. The van der Waals surface area contributed by atoms with Crippen molar-refractivity contribution in [1.29, 1.82) is 0 Å². The van der Waals surface area contributed by atoms with E-state index in [0.717, 1.165) is 10.6 Å². The minimum atomic E-state index is -0.499. The van der Waals surface area contributed by atoms with E-state index in [4.69, 9.17) is 0 Å². The standard InChI is InChI=1S/C12H14N2OS/c1-8-5-3-4-6-10(8)7-11(15)12-9(2)13-14-16-12/h3-6,11,15H,7H2,1-2H3. The van der Waals surface area contributed by atoms with Gasteiger partial charge in [0.05, 0.1) is 16.7 Å². The van der Waals surface area contributed by atoms with E-state index in [1.54, 1.807) is 0 Å². The van der Waals surface area contributed by atoms with Crippen LogP contribution in [0.4, 0.5) is 0 Å². The van der Waals surface area contributed by atoms with Crippen molar-refractivity contribution in [2.45, 2.75) is 26.4 Å². The van der Waals surface area contributed by atoms with Gasteiger partial charge in [-0.3, -0.25) is 0 Å². The van der Waals surface area contributed by atoms with E-state index in [-0.39, 0.29) is 0 Å². The lowest BCUT2D eigenvalue weighted by Gasteiger charge is -2.10. The molecule has 1 unspecified atom stereocenters. The van der Waals surface area contributed by atoms with Crippen molar-refractivity contribution in [2.75, 3.05) is 0 Å². The van der Waals surface area contributed by atoms with Crippen molar-refractivity contribution in [3.05, 3.63) is 46.0 Å². The van der Waals surface area contributed by atoms with Crippen LogP contribution in [0.25, 0.3) is 0 Å². The Labute approximate surface area is 98.9 Å². The Morgan fingerprint density at radius 3 is 2.69 bits per heavy atom. The highest BCUT2D eigenvalue weighted by atomic mass is 32.1. The molecule has 1 atom stereocenters. The first-order valence-electron chi connectivity index (χ1n) is 5.20. The van der Waals surface area contributed by atoms with Gasteiger partial charge in [-0.1, -0.05) is 28.8 Å². The van der Waals surface area contributed by atoms with E-state index in [2.05, 4.69) is 22.6 Å². The Bertz CT molecular complexity index is 481. The van der Waals surface area contributed by atoms with E-state index in [1.165, 1.54) is 22.7 Å². The van der Waals surface area contributed by atoms with Crippen LogP contribution in [0.3, 0.4) is 0 Å². The summed E-state index contributed by atoms with van der Waals surface area (Å²) in [6.07, 6.45) is 0.123. The summed E-state index contributed by atoms with van der Waals surface area (Å²) >= 11 is 1.27. The summed E-state index contributed by atoms with van der Waals surface area (Å²) in [5.74, 6) is 0. The highest BCUT2D eigenvalue weighted by Gasteiger charge is 2.15. The second-order valence-corrected chi connectivity index (χ2v) is 4.65. The quantitative estimate of drug-likeness (QED) is 0.887. The van der Waals surface area contributed by atoms with Gasteiger partial charge in [-0.05, 0) is 36.5 Å². The van der Waals surface area contributed by atoms with Crippen LogP contribution in [-0.2, 0) is 6.42 Å². The van der Waals surface area contributed by atoms with Crippen LogP contribution in [0.2, 0.25) is 0 Å². The van der Waals surface area contributed by atoms with Crippen molar-refractivity contribution in [2.24, 2.45) is 0 Å². The number of hydrogen-bond donors (Lipinski definition) is 1. The molecule has 0 aliphatic rings. The molecule has 1 aromatic heterocycles. The molecule has 0 saturated heterocycles. The van der Waals surface area contributed by atoms with Crippen LogP contribution < -0.4 is 0 Å². The van der Waals surface area contributed by atoms with Crippen LogP contribution in [-0.4, -0.2) is 14.7 Å². The molecule has 4 heteroatoms. The third-order valence-corrected chi connectivity index (χ3v) is 3.59. The molecular formula is C12H14N2OS. The molecule has 0 bridgehead atoms. The number of aromatic nitrogens is 2. The fraction of sp³-hybridized carbons (Fsp3) is 0.333. The number of rotatable bonds is 3. The van der Waals surface area contributed by atoms with Crippen molar-refractivity contribution in [1.82, 2.24) is 9.59 Å². The molecule has 1 heterocycles. The first kappa shape index (κ1) is 11.2. The van der Waals surface area contributed by atoms with E-state index in [0.29, 0.717) is 6.42 Å². The van der Waals surface area contributed by atoms with Gasteiger partial charge in [-0.2, -0.15) is 0 Å². The molecule has 0 spiro atoms. The lowest BCUT2D eigenvalue weighted by Crippen LogP contribution is -2.02. The topological polar surface area (TPSA) is 46.0 Å². The van der Waals surface area contributed by atoms with E-state index < -0.39 is 6.10 Å². The van der Waals surface area contributed by atoms with Gasteiger partial charge < -0.3 is 5.11 Å². The Balaban J connectivity index is 2.17. The summed E-state index contributed by atoms with van der Waals surface area (Å²) in [7, 11) is 0. The summed E-state index contributed by atoms with van der Waals surface area (Å²) < 4.78 is 3.84. The first-order valence-corrected chi connectivity index (χ1v) is 5.97. The Hall–Kier alpha value is -1.26. The van der Waals surface area contributed by atoms with Crippen LogP contribution in [0.5, 0.6) is 0 Å². The number of benzene rings is 1. The second kappa shape index (κ2) is 4.72. The molecule has 0 amide bonds. The zero-order valence-corrected chi connectivity index (χ0v) is 10.2. The molecule has 1 aromatic carbocycles. The van der Waals surface area contributed by atoms with Gasteiger partial charge in [-0.25, -0.2) is 0 Å². The zero-order chi connectivity index (χ0) is 11.5. The van der Waals surface area contributed by atoms with Gasteiger partial charge in [0.1, 0.15) is 0 Å². The van der Waals surface area contributed by atoms with Crippen molar-refractivity contribution >= 4 is 11.5 Å². The maximum absolute atomic E-state index is 10.1. The SMILES string of the molecule is Cc1ccccc1CC(O)c1snnc1C. The summed E-state index contributed by atoms with van der Waals surface area (Å²) in [5.41, 5.74) is 3.20. The van der Waals surface area contributed by atoms with Gasteiger partial charge in [-0.15, -0.1) is 5.10 Å². The smallest absolute Gasteiger partial charge is 0.0957 e. The summed E-state index contributed by atoms with van der Waals surface area (Å²) in [5, 5.41) is 14.0. The summed E-state index contributed by atoms with van der Waals surface area (Å²) in [6, 6.07) is 8.10. The van der Waals surface area contributed by atoms with Gasteiger partial charge in [0.15, 0.2) is 0 Å². The minimum absolute atomic E-state index is 0.499. The Morgan fingerprint density at radius 1 is 1.31 bits per heavy atom. The maximum Gasteiger partial charge on any atom is 0.0957 e. The highest BCUT2D eigenvalue weighted by molar-refractivity contribution is 7.05. The average molecular weight is 234 g/mol. The van der Waals surface area contributed by atoms with E-state index in [1.807, 2.05) is 25.1 Å². The molecule has 0 radical (unpaired) electrons. The Kier molecular flexibility index (Phi) is 3.31. The summed E-state index contributed by atoms with van der Waals surface area (Å²) in [4.78, 5) is 0.864. The molecular weight excluding hydrogens is 220 g/mol. The molecule has 0 aliphatic heterocycles. The maximum atomic E-state index is 10.1. The van der Waals surface area contributed by atoms with Crippen LogP contribution in [0.15, 0.2) is 24.3 Å². The molecule has 2 aromatic rings. The third kappa shape index (κ3) is 2.28. The van der Waals surface area contributed by atoms with Crippen molar-refractivity contribution < 1.29 is 5.11 Å². The number of aliphatic hydroxyl groups is 1. The molecule has 0 aliphatic carbocycles. The van der Waals surface area contributed by atoms with E-state index in [9.17, 15) is 5.11 Å². The fourth-order valence-corrected chi connectivity index (χ4v) is 2.31. The minimum Gasteiger partial charge on any atom is -0.387 e. The number of nitrogens with zero attached hydrogens (tertiary/aromatic N) is 2. The van der Waals surface area contributed by atoms with Crippen molar-refractivity contribution in [3.63, 3.8) is 0 Å². The van der Waals surface area contributed by atoms with Crippen LogP contribution >= 0.6 is 11.5 Å². The fourth-order valence-electron chi connectivity index (χ4n) is 1.68. The van der Waals surface area contributed by atoms with Gasteiger partial charge in [0.2, 0.25) is 0 Å². The normalized spacial score (nSPS) is 12.7. The molecule has 16 heavy (non-hydrogen) atoms. The molecule has 2 rings (SSSR count). The lowest BCUT2D eigenvalue weighted by molar-refractivity contribution is 0.181. The average Bonchev–Trinajstić information content (AvgIpc) is 2.68. The van der Waals surface area contributed by atoms with Crippen LogP contribution in [0, 0.1) is 13.8 Å². The molecule has 84 valence electrons. The highest BCUT2D eigenvalue weighted by Crippen LogP contribution is 2.24. The largest absolute Gasteiger partial charge is 0.387 e. The van der Waals surface area contributed by atoms with E-state index >= 15 is 0 Å². The number of aliphatic hydroxyl groups excluding tert-OH is 1. The van der Waals surface area contributed by atoms with Gasteiger partial charge in [0.25, 0.3) is 0 Å². The molecule has 0 fully saturated rings. The Morgan fingerprint density at radius 2 is 2.06 bits per heavy atom. The molecule has 0 saturated carbocycles. The monoisotopic (exact) mass is 234 g/mol. The molecule has 1 N–H and O–H groups in total. The van der Waals surface area contributed by atoms with Crippen LogP contribution in [0.1, 0.15) is 27.8 Å². The molecule has 3 nitrogen and oxygen atoms in total. The van der Waals surface area contributed by atoms with Gasteiger partial charge >= 0.3 is 0 Å².